The maximum atomic E-state index is 6.19. The fourth-order valence-electron chi connectivity index (χ4n) is 1.51. The minimum Gasteiger partial charge on any atom is -0.339 e. The van der Waals surface area contributed by atoms with Crippen molar-refractivity contribution in [1.82, 2.24) is 10.1 Å². The number of hydrogen-bond acceptors (Lipinski definition) is 5. The molecule has 108 valence electrons. The lowest BCUT2D eigenvalue weighted by molar-refractivity contribution is 0.222. The minimum absolute atomic E-state index is 0.365. The smallest absolute Gasteiger partial charge is 0.234 e. The van der Waals surface area contributed by atoms with E-state index < -0.39 is 5.54 Å². The first-order valence-electron chi connectivity index (χ1n) is 6.60. The molecule has 0 saturated carbocycles. The largest absolute Gasteiger partial charge is 0.339 e. The Hall–Kier alpha value is -1.33. The first-order chi connectivity index (χ1) is 9.30. The summed E-state index contributed by atoms with van der Waals surface area (Å²) >= 11 is 1.69. The highest BCUT2D eigenvalue weighted by Crippen LogP contribution is 2.32. The van der Waals surface area contributed by atoms with Crippen molar-refractivity contribution in [3.63, 3.8) is 0 Å². The molecule has 0 aliphatic heterocycles. The second-order valence-electron chi connectivity index (χ2n) is 5.96. The minimum atomic E-state index is -0.427. The monoisotopic (exact) mass is 291 g/mol. The van der Waals surface area contributed by atoms with Gasteiger partial charge in [0.1, 0.15) is 0 Å². The van der Waals surface area contributed by atoms with Crippen molar-refractivity contribution in [3.8, 4) is 0 Å². The summed E-state index contributed by atoms with van der Waals surface area (Å²) in [6.45, 7) is 7.98. The van der Waals surface area contributed by atoms with Crippen LogP contribution in [0.25, 0.3) is 0 Å². The number of aromatic nitrogens is 2. The molecule has 1 aromatic carbocycles. The van der Waals surface area contributed by atoms with Crippen molar-refractivity contribution in [2.24, 2.45) is 5.73 Å². The number of thioether (sulfide) groups is 1. The highest BCUT2D eigenvalue weighted by molar-refractivity contribution is 7.98. The van der Waals surface area contributed by atoms with Crippen LogP contribution in [-0.2, 0) is 11.2 Å². The Morgan fingerprint density at radius 2 is 1.80 bits per heavy atom. The zero-order chi connectivity index (χ0) is 14.8. The molecule has 20 heavy (non-hydrogen) atoms. The molecule has 5 heteroatoms. The van der Waals surface area contributed by atoms with E-state index in [1.54, 1.807) is 11.8 Å². The third-order valence-corrected chi connectivity index (χ3v) is 4.73. The molecule has 2 aromatic rings. The zero-order valence-corrected chi connectivity index (χ0v) is 13.2. The van der Waals surface area contributed by atoms with Gasteiger partial charge in [-0.1, -0.05) is 23.4 Å². The molecule has 2 rings (SSSR count). The van der Waals surface area contributed by atoms with E-state index in [1.807, 2.05) is 45.9 Å². The Morgan fingerprint density at radius 1 is 1.15 bits per heavy atom. The first kappa shape index (κ1) is 15.1. The molecule has 0 fully saturated rings. The average molecular weight is 291 g/mol. The van der Waals surface area contributed by atoms with Crippen LogP contribution in [0.1, 0.15) is 39.4 Å². The molecule has 0 spiro atoms. The Kier molecular flexibility index (Phi) is 4.20. The Morgan fingerprint density at radius 3 is 2.40 bits per heavy atom. The third-order valence-electron chi connectivity index (χ3n) is 3.72. The molecule has 1 aromatic heterocycles. The van der Waals surface area contributed by atoms with Gasteiger partial charge in [-0.2, -0.15) is 4.98 Å². The first-order valence-corrected chi connectivity index (χ1v) is 7.59. The van der Waals surface area contributed by atoms with Gasteiger partial charge in [0.15, 0.2) is 5.82 Å². The molecule has 4 nitrogen and oxygen atoms in total. The fraction of sp³-hybridized carbons (Fsp3) is 0.467. The molecule has 0 bridgehead atoms. The van der Waals surface area contributed by atoms with E-state index in [0.29, 0.717) is 17.5 Å². The van der Waals surface area contributed by atoms with Crippen LogP contribution < -0.4 is 5.73 Å². The normalized spacial score (nSPS) is 12.7. The number of hydrogen-bond donors (Lipinski definition) is 1. The highest BCUT2D eigenvalue weighted by atomic mass is 32.2. The van der Waals surface area contributed by atoms with Crippen molar-refractivity contribution in [2.45, 2.75) is 49.3 Å². The van der Waals surface area contributed by atoms with Crippen molar-refractivity contribution in [3.05, 3.63) is 42.0 Å². The van der Waals surface area contributed by atoms with Gasteiger partial charge in [0, 0.05) is 10.4 Å². The van der Waals surface area contributed by atoms with E-state index in [1.165, 1.54) is 4.90 Å². The summed E-state index contributed by atoms with van der Waals surface area (Å²) in [5.41, 5.74) is 5.39. The predicted molar refractivity (Wildman–Crippen MR) is 81.6 cm³/mol. The lowest BCUT2D eigenvalue weighted by Gasteiger charge is -2.34. The zero-order valence-electron chi connectivity index (χ0n) is 12.4. The van der Waals surface area contributed by atoms with Crippen LogP contribution in [0.15, 0.2) is 39.8 Å². The molecular formula is C15H21N3OS. The van der Waals surface area contributed by atoms with Crippen molar-refractivity contribution >= 4 is 11.8 Å². The molecule has 0 aliphatic carbocycles. The summed E-state index contributed by atoms with van der Waals surface area (Å²) in [7, 11) is 0. The van der Waals surface area contributed by atoms with E-state index in [-0.39, 0.29) is 5.41 Å². The van der Waals surface area contributed by atoms with Crippen LogP contribution in [0.2, 0.25) is 0 Å². The van der Waals surface area contributed by atoms with E-state index in [9.17, 15) is 0 Å². The molecule has 0 radical (unpaired) electrons. The third kappa shape index (κ3) is 3.22. The summed E-state index contributed by atoms with van der Waals surface area (Å²) in [6, 6.07) is 10.2. The number of rotatable bonds is 5. The number of nitrogens with two attached hydrogens (primary N) is 1. The second kappa shape index (κ2) is 5.58. The van der Waals surface area contributed by atoms with Gasteiger partial charge >= 0.3 is 0 Å². The van der Waals surface area contributed by atoms with Gasteiger partial charge in [-0.05, 0) is 39.8 Å². The van der Waals surface area contributed by atoms with Crippen LogP contribution in [0.5, 0.6) is 0 Å². The van der Waals surface area contributed by atoms with Gasteiger partial charge in [-0.25, -0.2) is 0 Å². The van der Waals surface area contributed by atoms with Crippen LogP contribution in [-0.4, -0.2) is 15.7 Å². The van der Waals surface area contributed by atoms with Crippen molar-refractivity contribution < 1.29 is 4.52 Å². The fourth-order valence-corrected chi connectivity index (χ4v) is 2.27. The van der Waals surface area contributed by atoms with E-state index >= 15 is 0 Å². The Bertz CT molecular complexity index is 558. The van der Waals surface area contributed by atoms with Gasteiger partial charge in [-0.3, -0.25) is 0 Å². The predicted octanol–water partition coefficient (Wildman–Crippen LogP) is 3.38. The van der Waals surface area contributed by atoms with Crippen LogP contribution in [0.3, 0.4) is 0 Å². The molecule has 1 heterocycles. The summed E-state index contributed by atoms with van der Waals surface area (Å²) in [6.07, 6.45) is 0. The molecule has 0 amide bonds. The van der Waals surface area contributed by atoms with E-state index in [4.69, 9.17) is 10.3 Å². The molecule has 2 N–H and O–H groups in total. The summed E-state index contributed by atoms with van der Waals surface area (Å²) in [5.74, 6) is 1.98. The standard InChI is InChI=1S/C15H21N3OS/c1-14(2,15(3,4)16)13-17-12(18-19-13)10-20-11-8-6-5-7-9-11/h5-9H,10,16H2,1-4H3. The highest BCUT2D eigenvalue weighted by Gasteiger charge is 2.40. The number of benzene rings is 1. The van der Waals surface area contributed by atoms with Gasteiger partial charge in [0.05, 0.1) is 11.2 Å². The van der Waals surface area contributed by atoms with Crippen LogP contribution in [0, 0.1) is 0 Å². The maximum Gasteiger partial charge on any atom is 0.234 e. The summed E-state index contributed by atoms with van der Waals surface area (Å²) in [4.78, 5) is 5.68. The lowest BCUT2D eigenvalue weighted by Crippen LogP contribution is -2.50. The summed E-state index contributed by atoms with van der Waals surface area (Å²) < 4.78 is 5.39. The van der Waals surface area contributed by atoms with Gasteiger partial charge in [-0.15, -0.1) is 11.8 Å². The van der Waals surface area contributed by atoms with Gasteiger partial charge < -0.3 is 10.3 Å². The molecule has 0 unspecified atom stereocenters. The molecule has 0 atom stereocenters. The van der Waals surface area contributed by atoms with Crippen LogP contribution >= 0.6 is 11.8 Å². The van der Waals surface area contributed by atoms with Gasteiger partial charge in [0.2, 0.25) is 5.89 Å². The Balaban J connectivity index is 2.06. The molecular weight excluding hydrogens is 270 g/mol. The lowest BCUT2D eigenvalue weighted by atomic mass is 9.75. The second-order valence-corrected chi connectivity index (χ2v) is 7.01. The SMILES string of the molecule is CC(C)(N)C(C)(C)c1nc(CSc2ccccc2)no1. The van der Waals surface area contributed by atoms with Gasteiger partial charge in [0.25, 0.3) is 0 Å². The molecule has 0 aliphatic rings. The van der Waals surface area contributed by atoms with Crippen molar-refractivity contribution in [1.29, 1.82) is 0 Å². The topological polar surface area (TPSA) is 64.9 Å². The maximum absolute atomic E-state index is 6.19. The Labute approximate surface area is 124 Å². The van der Waals surface area contributed by atoms with Crippen LogP contribution in [0.4, 0.5) is 0 Å². The van der Waals surface area contributed by atoms with Crippen molar-refractivity contribution in [2.75, 3.05) is 0 Å². The average Bonchev–Trinajstić information content (AvgIpc) is 2.85. The molecule has 0 saturated heterocycles. The summed E-state index contributed by atoms with van der Waals surface area (Å²) in [5, 5.41) is 4.05. The quantitative estimate of drug-likeness (QED) is 0.856. The number of nitrogens with zero attached hydrogens (tertiary/aromatic N) is 2. The van der Waals surface area contributed by atoms with E-state index in [2.05, 4.69) is 22.3 Å². The van der Waals surface area contributed by atoms with E-state index in [0.717, 1.165) is 0 Å².